The van der Waals surface area contributed by atoms with Gasteiger partial charge in [0.05, 0.1) is 24.4 Å². The number of ether oxygens (including phenoxy) is 1. The summed E-state index contributed by atoms with van der Waals surface area (Å²) in [7, 11) is 0. The molecule has 0 amide bonds. The van der Waals surface area contributed by atoms with Gasteiger partial charge in [-0.2, -0.15) is 0 Å². The fraction of sp³-hybridized carbons (Fsp3) is 1.00. The van der Waals surface area contributed by atoms with E-state index < -0.39 is 23.4 Å². The van der Waals surface area contributed by atoms with Gasteiger partial charge in [-0.25, -0.2) is 0 Å². The second-order valence-corrected chi connectivity index (χ2v) is 25.0. The van der Waals surface area contributed by atoms with Crippen molar-refractivity contribution in [3.63, 3.8) is 0 Å². The van der Waals surface area contributed by atoms with Crippen molar-refractivity contribution < 1.29 is 25.2 Å². The zero-order chi connectivity index (χ0) is 54.7. The van der Waals surface area contributed by atoms with Gasteiger partial charge in [0.25, 0.3) is 0 Å². The maximum atomic E-state index is 12.1. The lowest BCUT2D eigenvalue weighted by Gasteiger charge is -2.48. The van der Waals surface area contributed by atoms with E-state index >= 15 is 0 Å². The summed E-state index contributed by atoms with van der Waals surface area (Å²) in [5.74, 6) is 0. The maximum Gasteiger partial charge on any atom is 0.106 e. The lowest BCUT2D eigenvalue weighted by Crippen LogP contribution is -2.58. The van der Waals surface area contributed by atoms with Gasteiger partial charge < -0.3 is 25.2 Å². The van der Waals surface area contributed by atoms with E-state index in [2.05, 4.69) is 27.7 Å². The first kappa shape index (κ1) is 74.8. The minimum absolute atomic E-state index is 0.333. The molecule has 75 heavy (non-hydrogen) atoms. The number of aliphatic hydroxyl groups excluding tert-OH is 4. The van der Waals surface area contributed by atoms with E-state index in [-0.39, 0.29) is 13.2 Å². The normalized spacial score (nSPS) is 13.1. The predicted octanol–water partition coefficient (Wildman–Crippen LogP) is 22.7. The number of aliphatic hydroxyl groups is 4. The Morgan fingerprint density at radius 2 is 0.333 bits per heavy atom. The average Bonchev–Trinajstić information content (AvgIpc) is 3.42. The van der Waals surface area contributed by atoms with E-state index in [4.69, 9.17) is 4.74 Å². The summed E-state index contributed by atoms with van der Waals surface area (Å²) in [4.78, 5) is 0. The number of hydrogen-bond donors (Lipinski definition) is 4. The van der Waals surface area contributed by atoms with Crippen molar-refractivity contribution in [2.24, 2.45) is 0 Å². The second-order valence-electron chi connectivity index (χ2n) is 25.0. The molecule has 0 aromatic rings. The molecule has 5 heteroatoms. The van der Waals surface area contributed by atoms with Crippen molar-refractivity contribution in [1.29, 1.82) is 0 Å². The quantitative estimate of drug-likeness (QED) is 0.0456. The van der Waals surface area contributed by atoms with Crippen LogP contribution in [0.5, 0.6) is 0 Å². The molecular formula is C70H142O5. The smallest absolute Gasteiger partial charge is 0.106 e. The molecule has 0 rings (SSSR count). The van der Waals surface area contributed by atoms with Crippen molar-refractivity contribution >= 4 is 0 Å². The van der Waals surface area contributed by atoms with Gasteiger partial charge in [-0.05, 0) is 25.7 Å². The Balaban J connectivity index is 5.83. The predicted molar refractivity (Wildman–Crippen MR) is 332 cm³/mol. The van der Waals surface area contributed by atoms with Crippen LogP contribution in [0.3, 0.4) is 0 Å². The van der Waals surface area contributed by atoms with Gasteiger partial charge in [0, 0.05) is 0 Å². The molecule has 0 bridgehead atoms. The second kappa shape index (κ2) is 59.9. The van der Waals surface area contributed by atoms with Crippen LogP contribution in [0, 0.1) is 0 Å². The molecule has 0 aliphatic carbocycles. The summed E-state index contributed by atoms with van der Waals surface area (Å²) in [5, 5.41) is 45.9. The van der Waals surface area contributed by atoms with E-state index in [9.17, 15) is 20.4 Å². The van der Waals surface area contributed by atoms with Crippen LogP contribution in [-0.4, -0.2) is 57.0 Å². The molecule has 0 heterocycles. The first-order valence-electron chi connectivity index (χ1n) is 35.2. The lowest BCUT2D eigenvalue weighted by atomic mass is 9.79. The van der Waals surface area contributed by atoms with Gasteiger partial charge in [0.2, 0.25) is 0 Å². The highest BCUT2D eigenvalue weighted by Crippen LogP contribution is 2.41. The van der Waals surface area contributed by atoms with Crippen LogP contribution in [0.1, 0.15) is 413 Å². The van der Waals surface area contributed by atoms with Crippen molar-refractivity contribution in [3.05, 3.63) is 0 Å². The van der Waals surface area contributed by atoms with E-state index in [0.717, 1.165) is 51.4 Å². The Morgan fingerprint density at radius 1 is 0.213 bits per heavy atom. The zero-order valence-electron chi connectivity index (χ0n) is 52.2. The average molecular weight is 1060 g/mol. The van der Waals surface area contributed by atoms with Crippen LogP contribution < -0.4 is 0 Å². The molecule has 0 radical (unpaired) electrons. The van der Waals surface area contributed by atoms with Gasteiger partial charge in [0.1, 0.15) is 12.2 Å². The van der Waals surface area contributed by atoms with E-state index in [1.54, 1.807) is 0 Å². The van der Waals surface area contributed by atoms with Crippen molar-refractivity contribution in [2.75, 3.05) is 13.2 Å². The molecule has 0 aromatic heterocycles. The third-order valence-corrected chi connectivity index (χ3v) is 17.8. The number of rotatable bonds is 66. The van der Waals surface area contributed by atoms with Crippen LogP contribution in [0.25, 0.3) is 0 Å². The first-order valence-corrected chi connectivity index (χ1v) is 35.2. The van der Waals surface area contributed by atoms with Crippen molar-refractivity contribution in [2.45, 2.75) is 436 Å². The number of hydrogen-bond acceptors (Lipinski definition) is 5. The van der Waals surface area contributed by atoms with Crippen LogP contribution in [-0.2, 0) is 4.74 Å². The summed E-state index contributed by atoms with van der Waals surface area (Å²) in [6, 6.07) is 0. The highest BCUT2D eigenvalue weighted by molar-refractivity contribution is 4.97. The minimum Gasteiger partial charge on any atom is -0.394 e. The number of unbranched alkanes of at least 4 members (excludes halogenated alkanes) is 52. The summed E-state index contributed by atoms with van der Waals surface area (Å²) >= 11 is 0. The molecular weight excluding hydrogens is 921 g/mol. The molecule has 452 valence electrons. The molecule has 0 spiro atoms. The van der Waals surface area contributed by atoms with Gasteiger partial charge in [-0.3, -0.25) is 0 Å². The summed E-state index contributed by atoms with van der Waals surface area (Å²) < 4.78 is 7.56. The van der Waals surface area contributed by atoms with Gasteiger partial charge in [0.15, 0.2) is 0 Å². The minimum atomic E-state index is -1.01. The summed E-state index contributed by atoms with van der Waals surface area (Å²) in [6.07, 6.45) is 73.6. The third kappa shape index (κ3) is 47.2. The van der Waals surface area contributed by atoms with E-state index in [1.165, 1.54) is 308 Å². The lowest BCUT2D eigenvalue weighted by molar-refractivity contribution is -0.253. The molecule has 4 N–H and O–H groups in total. The Labute approximate surface area is 472 Å². The monoisotopic (exact) mass is 1060 g/mol. The highest BCUT2D eigenvalue weighted by atomic mass is 16.6. The van der Waals surface area contributed by atoms with Crippen LogP contribution >= 0.6 is 0 Å². The molecule has 0 saturated heterocycles. The Hall–Kier alpha value is -0.200. The van der Waals surface area contributed by atoms with Crippen molar-refractivity contribution in [3.8, 4) is 0 Å². The standard InChI is InChI=1S/C70H142O5/c1-5-9-13-17-21-25-29-33-37-41-45-49-53-57-61-69(67(73)65-71,62-58-54-50-46-42-38-34-30-26-22-18-14-10-6-2)75-70(68(74)66-72,63-59-55-51-47-43-39-35-31-27-23-19-15-11-7-3)64-60-56-52-48-44-40-36-32-28-24-20-16-12-8-4/h67-68,71-74H,5-66H2,1-4H3. The molecule has 0 aliphatic rings. The first-order chi connectivity index (χ1) is 36.9. The molecule has 0 aromatic carbocycles. The maximum absolute atomic E-state index is 12.1. The van der Waals surface area contributed by atoms with E-state index in [0.29, 0.717) is 25.7 Å². The summed E-state index contributed by atoms with van der Waals surface area (Å²) in [6.45, 7) is 8.52. The van der Waals surface area contributed by atoms with Crippen LogP contribution in [0.2, 0.25) is 0 Å². The summed E-state index contributed by atoms with van der Waals surface area (Å²) in [5.41, 5.74) is -1.88. The van der Waals surface area contributed by atoms with Crippen LogP contribution in [0.15, 0.2) is 0 Å². The molecule has 0 fully saturated rings. The molecule has 0 saturated carbocycles. The molecule has 2 atom stereocenters. The van der Waals surface area contributed by atoms with Gasteiger partial charge in [-0.15, -0.1) is 0 Å². The Bertz CT molecular complexity index is 906. The van der Waals surface area contributed by atoms with E-state index in [1.807, 2.05) is 0 Å². The topological polar surface area (TPSA) is 90.2 Å². The largest absolute Gasteiger partial charge is 0.394 e. The van der Waals surface area contributed by atoms with Gasteiger partial charge in [-0.1, -0.05) is 387 Å². The Kier molecular flexibility index (Phi) is 59.7. The van der Waals surface area contributed by atoms with Gasteiger partial charge >= 0.3 is 0 Å². The Morgan fingerprint density at radius 3 is 0.453 bits per heavy atom. The fourth-order valence-corrected chi connectivity index (χ4v) is 12.5. The zero-order valence-corrected chi connectivity index (χ0v) is 52.2. The molecule has 5 nitrogen and oxygen atoms in total. The van der Waals surface area contributed by atoms with Crippen molar-refractivity contribution in [1.82, 2.24) is 0 Å². The highest BCUT2D eigenvalue weighted by Gasteiger charge is 2.48. The molecule has 2 unspecified atom stereocenters. The van der Waals surface area contributed by atoms with Crippen LogP contribution in [0.4, 0.5) is 0 Å². The third-order valence-electron chi connectivity index (χ3n) is 17.8. The SMILES string of the molecule is CCCCCCCCCCCCCCCCC(CCCCCCCCCCCCCCCC)(OC(CCCCCCCCCCCCCCCC)(CCCCCCCCCCCCCCCC)C(O)CO)C(O)CO. The fourth-order valence-electron chi connectivity index (χ4n) is 12.5. The molecule has 0 aliphatic heterocycles.